The van der Waals surface area contributed by atoms with Gasteiger partial charge < -0.3 is 0 Å². The number of rotatable bonds is 0. The predicted octanol–water partition coefficient (Wildman–Crippen LogP) is 0.0470. The van der Waals surface area contributed by atoms with E-state index in [2.05, 4.69) is 0 Å². The Morgan fingerprint density at radius 3 is 1.86 bits per heavy atom. The second-order valence-electron chi connectivity index (χ2n) is 0.597. The van der Waals surface area contributed by atoms with Crippen LogP contribution in [0.2, 0.25) is 0 Å². The molecule has 0 aromatic carbocycles. The summed E-state index contributed by atoms with van der Waals surface area (Å²) in [7, 11) is -2.88. The summed E-state index contributed by atoms with van der Waals surface area (Å²) in [6, 6.07) is 0. The highest BCUT2D eigenvalue weighted by Gasteiger charge is 1.78. The van der Waals surface area contributed by atoms with E-state index in [1.165, 1.54) is 0 Å². The minimum absolute atomic E-state index is 0.806. The summed E-state index contributed by atoms with van der Waals surface area (Å²) in [4.78, 5) is 0. The molecule has 0 aliphatic heterocycles. The van der Waals surface area contributed by atoms with Gasteiger partial charge in [-0.25, -0.2) is 0 Å². The van der Waals surface area contributed by atoms with Crippen molar-refractivity contribution in [1.82, 2.24) is 0 Å². The summed E-state index contributed by atoms with van der Waals surface area (Å²) in [6.07, 6.45) is -2.33. The molecule has 7 heavy (non-hydrogen) atoms. The molecule has 0 saturated heterocycles. The SMILES string of the molecule is O=S(=O)=C=C(F)F. The van der Waals surface area contributed by atoms with Crippen LogP contribution in [0, 0.1) is 0 Å². The topological polar surface area (TPSA) is 34.1 Å². The van der Waals surface area contributed by atoms with E-state index in [-0.39, 0.29) is 0 Å². The van der Waals surface area contributed by atoms with Gasteiger partial charge in [0, 0.05) is 0 Å². The molecule has 2 nitrogen and oxygen atoms in total. The zero-order chi connectivity index (χ0) is 5.86. The van der Waals surface area contributed by atoms with E-state index >= 15 is 0 Å². The minimum Gasteiger partial charge on any atom is -0.175 e. The third kappa shape index (κ3) is 5.33. The molecule has 0 N–H and O–H groups in total. The molecule has 0 radical (unpaired) electrons. The number of hydrogen-bond acceptors (Lipinski definition) is 2. The highest BCUT2D eigenvalue weighted by atomic mass is 32.2. The van der Waals surface area contributed by atoms with Crippen molar-refractivity contribution in [2.75, 3.05) is 0 Å². The van der Waals surface area contributed by atoms with Gasteiger partial charge in [0.25, 0.3) is 10.3 Å². The van der Waals surface area contributed by atoms with E-state index in [9.17, 15) is 17.2 Å². The van der Waals surface area contributed by atoms with Gasteiger partial charge in [-0.1, -0.05) is 0 Å². The van der Waals surface area contributed by atoms with Crippen LogP contribution in [0.3, 0.4) is 0 Å². The molecule has 40 valence electrons. The van der Waals surface area contributed by atoms with Crippen molar-refractivity contribution in [2.24, 2.45) is 0 Å². The van der Waals surface area contributed by atoms with Crippen LogP contribution in [0.25, 0.3) is 0 Å². The van der Waals surface area contributed by atoms with Crippen molar-refractivity contribution in [3.05, 3.63) is 6.08 Å². The molecule has 0 heterocycles. The summed E-state index contributed by atoms with van der Waals surface area (Å²) in [5.74, 6) is 0. The van der Waals surface area contributed by atoms with Gasteiger partial charge in [-0.15, -0.1) is 0 Å². The zero-order valence-corrected chi connectivity index (χ0v) is 3.80. The summed E-state index contributed by atoms with van der Waals surface area (Å²) >= 11 is 0. The van der Waals surface area contributed by atoms with Crippen LogP contribution in [-0.4, -0.2) is 13.4 Å². The lowest BCUT2D eigenvalue weighted by Gasteiger charge is -1.54. The van der Waals surface area contributed by atoms with Crippen LogP contribution in [0.15, 0.2) is 6.08 Å². The number of halogens is 2. The van der Waals surface area contributed by atoms with Crippen molar-refractivity contribution in [2.45, 2.75) is 0 Å². The molecule has 0 spiro atoms. The van der Waals surface area contributed by atoms with Gasteiger partial charge in [-0.2, -0.15) is 17.2 Å². The molecule has 0 aliphatic rings. The second kappa shape index (κ2) is 2.49. The predicted molar refractivity (Wildman–Crippen MR) is 19.7 cm³/mol. The molecule has 0 aromatic heterocycles. The van der Waals surface area contributed by atoms with Crippen LogP contribution in [-0.2, 0) is 10.3 Å². The zero-order valence-electron chi connectivity index (χ0n) is 2.98. The van der Waals surface area contributed by atoms with Gasteiger partial charge in [-0.05, 0) is 0 Å². The van der Waals surface area contributed by atoms with Crippen LogP contribution in [0.1, 0.15) is 0 Å². The highest BCUT2D eigenvalue weighted by molar-refractivity contribution is 7.70. The van der Waals surface area contributed by atoms with Crippen molar-refractivity contribution >= 4 is 15.3 Å². The molecule has 0 saturated carbocycles. The van der Waals surface area contributed by atoms with Crippen LogP contribution < -0.4 is 0 Å². The van der Waals surface area contributed by atoms with Crippen molar-refractivity contribution in [3.8, 4) is 0 Å². The Bertz CT molecular complexity index is 196. The van der Waals surface area contributed by atoms with E-state index in [0.717, 1.165) is 5.02 Å². The maximum atomic E-state index is 10.7. The van der Waals surface area contributed by atoms with Gasteiger partial charge in [0.2, 0.25) is 0 Å². The maximum absolute atomic E-state index is 10.7. The number of hydrogen-bond donors (Lipinski definition) is 0. The average molecular weight is 126 g/mol. The third-order valence-electron chi connectivity index (χ3n) is 0.160. The Morgan fingerprint density at radius 2 is 1.86 bits per heavy atom. The minimum atomic E-state index is -2.88. The van der Waals surface area contributed by atoms with E-state index in [1.54, 1.807) is 0 Å². The first-order valence-electron chi connectivity index (χ1n) is 1.17. The fourth-order valence-electron chi connectivity index (χ4n) is 0.0630. The molecule has 0 aliphatic carbocycles. The van der Waals surface area contributed by atoms with E-state index in [0.29, 0.717) is 0 Å². The first kappa shape index (κ1) is 6.33. The van der Waals surface area contributed by atoms with Crippen molar-refractivity contribution in [3.63, 3.8) is 0 Å². The molecule has 0 rings (SSSR count). The Hall–Kier alpha value is -0.670. The second-order valence-corrected chi connectivity index (χ2v) is 1.27. The van der Waals surface area contributed by atoms with Crippen LogP contribution >= 0.6 is 0 Å². The standard InChI is InChI=1S/C2F2O2S/c3-2(4)1-7(5)6. The molecule has 0 bridgehead atoms. The van der Waals surface area contributed by atoms with Crippen molar-refractivity contribution in [1.29, 1.82) is 0 Å². The highest BCUT2D eigenvalue weighted by Crippen LogP contribution is 1.85. The molecule has 0 atom stereocenters. The molecule has 0 aromatic rings. The molecular weight excluding hydrogens is 126 g/mol. The lowest BCUT2D eigenvalue weighted by molar-refractivity contribution is 0.435. The lowest BCUT2D eigenvalue weighted by Crippen LogP contribution is -1.58. The molecule has 0 fully saturated rings. The Morgan fingerprint density at radius 1 is 1.43 bits per heavy atom. The fraction of sp³-hybridized carbons (Fsp3) is 0. The lowest BCUT2D eigenvalue weighted by atomic mass is 11.2. The van der Waals surface area contributed by atoms with E-state index in [4.69, 9.17) is 0 Å². The van der Waals surface area contributed by atoms with Gasteiger partial charge in [-0.3, -0.25) is 0 Å². The normalized spacial score (nSPS) is 7.14. The Labute approximate surface area is 39.6 Å². The van der Waals surface area contributed by atoms with E-state index in [1.807, 2.05) is 0 Å². The molecular formula is C2F2O2S. The Balaban J connectivity index is 4.88. The van der Waals surface area contributed by atoms with Gasteiger partial charge >= 0.3 is 6.08 Å². The molecule has 0 amide bonds. The van der Waals surface area contributed by atoms with Crippen molar-refractivity contribution < 1.29 is 17.2 Å². The largest absolute Gasteiger partial charge is 0.328 e. The first-order chi connectivity index (χ1) is 3.13. The Kier molecular flexibility index (Phi) is 2.26. The summed E-state index contributed by atoms with van der Waals surface area (Å²) < 4.78 is 39.8. The van der Waals surface area contributed by atoms with Gasteiger partial charge in [0.15, 0.2) is 0 Å². The maximum Gasteiger partial charge on any atom is 0.328 e. The summed E-state index contributed by atoms with van der Waals surface area (Å²) in [6.45, 7) is 0. The molecule has 0 unspecified atom stereocenters. The van der Waals surface area contributed by atoms with Gasteiger partial charge in [0.1, 0.15) is 0 Å². The smallest absolute Gasteiger partial charge is 0.175 e. The quantitative estimate of drug-likeness (QED) is 0.429. The average Bonchev–Trinajstić information content (AvgIpc) is 1.27. The summed E-state index contributed by atoms with van der Waals surface area (Å²) in [5.41, 5.74) is 0. The first-order valence-corrected chi connectivity index (χ1v) is 2.24. The van der Waals surface area contributed by atoms with Gasteiger partial charge in [0.05, 0.1) is 5.02 Å². The van der Waals surface area contributed by atoms with Crippen LogP contribution in [0.4, 0.5) is 8.78 Å². The van der Waals surface area contributed by atoms with Crippen LogP contribution in [0.5, 0.6) is 0 Å². The van der Waals surface area contributed by atoms with E-state index < -0.39 is 16.4 Å². The summed E-state index contributed by atoms with van der Waals surface area (Å²) in [5, 5.41) is 0.806. The molecule has 5 heteroatoms. The third-order valence-corrected chi connectivity index (χ3v) is 0.481. The fourth-order valence-corrected chi connectivity index (χ4v) is 0.189. The monoisotopic (exact) mass is 126 g/mol.